The van der Waals surface area contributed by atoms with E-state index in [4.69, 9.17) is 4.74 Å². The Bertz CT molecular complexity index is 755. The number of hydrogen-bond donors (Lipinski definition) is 1. The molecule has 0 bridgehead atoms. The Morgan fingerprint density at radius 2 is 1.81 bits per heavy atom. The topological polar surface area (TPSA) is 92.8 Å². The van der Waals surface area contributed by atoms with Gasteiger partial charge in [0.25, 0.3) is 5.91 Å². The Hall–Kier alpha value is -1.93. The Labute approximate surface area is 161 Å². The van der Waals surface area contributed by atoms with Crippen molar-refractivity contribution < 1.29 is 22.7 Å². The molecule has 0 aliphatic carbocycles. The van der Waals surface area contributed by atoms with Crippen LogP contribution >= 0.6 is 0 Å². The Morgan fingerprint density at radius 3 is 2.48 bits per heavy atom. The number of esters is 1. The highest BCUT2D eigenvalue weighted by molar-refractivity contribution is 7.89. The molecule has 7 nitrogen and oxygen atoms in total. The summed E-state index contributed by atoms with van der Waals surface area (Å²) in [5, 5.41) is 2.67. The molecule has 1 aromatic carbocycles. The van der Waals surface area contributed by atoms with E-state index in [0.29, 0.717) is 25.6 Å². The molecule has 0 aromatic heterocycles. The number of benzene rings is 1. The first-order chi connectivity index (χ1) is 12.8. The molecule has 1 amide bonds. The molecule has 0 spiro atoms. The zero-order valence-electron chi connectivity index (χ0n) is 15.9. The minimum absolute atomic E-state index is 0.0435. The summed E-state index contributed by atoms with van der Waals surface area (Å²) in [5.74, 6) is -0.759. The number of hydrogen-bond acceptors (Lipinski definition) is 5. The third-order valence-corrected chi connectivity index (χ3v) is 6.37. The van der Waals surface area contributed by atoms with Crippen molar-refractivity contribution in [1.82, 2.24) is 9.62 Å². The number of sulfonamides is 1. The van der Waals surface area contributed by atoms with E-state index in [2.05, 4.69) is 5.32 Å². The van der Waals surface area contributed by atoms with Crippen LogP contribution in [0.25, 0.3) is 0 Å². The van der Waals surface area contributed by atoms with Gasteiger partial charge in [-0.25, -0.2) is 13.2 Å². The van der Waals surface area contributed by atoms with Gasteiger partial charge in [-0.15, -0.1) is 0 Å². The second kappa shape index (κ2) is 9.85. The van der Waals surface area contributed by atoms with Crippen LogP contribution in [0.4, 0.5) is 0 Å². The van der Waals surface area contributed by atoms with E-state index < -0.39 is 28.5 Å². The van der Waals surface area contributed by atoms with E-state index in [1.54, 1.807) is 12.1 Å². The summed E-state index contributed by atoms with van der Waals surface area (Å²) in [5.41, 5.74) is -0.0435. The van der Waals surface area contributed by atoms with E-state index in [-0.39, 0.29) is 10.5 Å². The number of nitrogens with zero attached hydrogens (tertiary/aromatic N) is 1. The molecule has 1 heterocycles. The van der Waals surface area contributed by atoms with Gasteiger partial charge in [0.05, 0.1) is 10.5 Å². The fraction of sp³-hybridized carbons (Fsp3) is 0.579. The molecule has 8 heteroatoms. The molecule has 0 saturated carbocycles. The van der Waals surface area contributed by atoms with Crippen LogP contribution in [0.15, 0.2) is 29.2 Å². The minimum atomic E-state index is -3.77. The number of amides is 1. The molecule has 1 saturated heterocycles. The fourth-order valence-corrected chi connectivity index (χ4v) is 4.56. The molecule has 1 aliphatic heterocycles. The molecular formula is C19H28N2O5S. The summed E-state index contributed by atoms with van der Waals surface area (Å²) in [6, 6.07) is 5.97. The van der Waals surface area contributed by atoms with Crippen LogP contribution in [0.3, 0.4) is 0 Å². The van der Waals surface area contributed by atoms with Crippen molar-refractivity contribution >= 4 is 21.9 Å². The zero-order chi connectivity index (χ0) is 19.9. The van der Waals surface area contributed by atoms with Gasteiger partial charge in [0, 0.05) is 19.6 Å². The van der Waals surface area contributed by atoms with Gasteiger partial charge in [-0.3, -0.25) is 4.79 Å². The molecule has 1 aliphatic rings. The van der Waals surface area contributed by atoms with Gasteiger partial charge < -0.3 is 10.1 Å². The summed E-state index contributed by atoms with van der Waals surface area (Å²) < 4.78 is 32.2. The van der Waals surface area contributed by atoms with E-state index in [9.17, 15) is 18.0 Å². The number of carbonyl (C=O) groups is 2. The monoisotopic (exact) mass is 396 g/mol. The summed E-state index contributed by atoms with van der Waals surface area (Å²) in [6.45, 7) is 5.06. The van der Waals surface area contributed by atoms with Gasteiger partial charge >= 0.3 is 5.97 Å². The summed E-state index contributed by atoms with van der Waals surface area (Å²) in [7, 11) is -3.77. The van der Waals surface area contributed by atoms with Crippen LogP contribution in [-0.2, 0) is 19.6 Å². The molecule has 150 valence electrons. The Balaban J connectivity index is 2.04. The normalized spacial score (nSPS) is 15.5. The lowest BCUT2D eigenvalue weighted by atomic mass is 10.1. The van der Waals surface area contributed by atoms with Crippen LogP contribution in [-0.4, -0.2) is 50.8 Å². The maximum atomic E-state index is 12.9. The summed E-state index contributed by atoms with van der Waals surface area (Å²) in [6.07, 6.45) is 3.45. The first-order valence-electron chi connectivity index (χ1n) is 9.35. The van der Waals surface area contributed by atoms with Gasteiger partial charge in [0.2, 0.25) is 10.0 Å². The number of piperidine rings is 1. The third-order valence-electron chi connectivity index (χ3n) is 4.42. The largest absolute Gasteiger partial charge is 0.452 e. The predicted molar refractivity (Wildman–Crippen MR) is 102 cm³/mol. The molecule has 1 fully saturated rings. The number of rotatable bonds is 8. The highest BCUT2D eigenvalue weighted by Crippen LogP contribution is 2.24. The van der Waals surface area contributed by atoms with Crippen LogP contribution in [0, 0.1) is 5.92 Å². The second-order valence-corrected chi connectivity index (χ2v) is 8.98. The van der Waals surface area contributed by atoms with E-state index in [1.807, 2.05) is 13.8 Å². The smallest absolute Gasteiger partial charge is 0.340 e. The van der Waals surface area contributed by atoms with Gasteiger partial charge in [0.15, 0.2) is 6.61 Å². The van der Waals surface area contributed by atoms with E-state index in [1.165, 1.54) is 16.4 Å². The average Bonchev–Trinajstić information content (AvgIpc) is 2.66. The van der Waals surface area contributed by atoms with Crippen molar-refractivity contribution in [3.8, 4) is 0 Å². The molecule has 1 N–H and O–H groups in total. The standard InChI is InChI=1S/C19H28N2O5S/c1-15(2)10-11-20-18(22)14-26-19(23)16-8-4-5-9-17(16)27(24,25)21-12-6-3-7-13-21/h4-5,8-9,15H,3,6-7,10-14H2,1-2H3,(H,20,22). The SMILES string of the molecule is CC(C)CCNC(=O)COC(=O)c1ccccc1S(=O)(=O)N1CCCCC1. The van der Waals surface area contributed by atoms with Gasteiger partial charge in [-0.05, 0) is 37.3 Å². The molecule has 2 rings (SSSR count). The molecule has 1 aromatic rings. The molecule has 27 heavy (non-hydrogen) atoms. The van der Waals surface area contributed by atoms with Gasteiger partial charge in [0.1, 0.15) is 0 Å². The van der Waals surface area contributed by atoms with Crippen LogP contribution in [0.1, 0.15) is 49.9 Å². The predicted octanol–water partition coefficient (Wildman–Crippen LogP) is 2.18. The van der Waals surface area contributed by atoms with Gasteiger partial charge in [-0.1, -0.05) is 32.4 Å². The summed E-state index contributed by atoms with van der Waals surface area (Å²) >= 11 is 0. The van der Waals surface area contributed by atoms with E-state index >= 15 is 0 Å². The van der Waals surface area contributed by atoms with Crippen LogP contribution < -0.4 is 5.32 Å². The molecule has 0 unspecified atom stereocenters. The van der Waals surface area contributed by atoms with Crippen molar-refractivity contribution in [1.29, 1.82) is 0 Å². The molecule has 0 atom stereocenters. The lowest BCUT2D eigenvalue weighted by molar-refractivity contribution is -0.124. The van der Waals surface area contributed by atoms with Crippen molar-refractivity contribution in [3.63, 3.8) is 0 Å². The molecular weight excluding hydrogens is 368 g/mol. The van der Waals surface area contributed by atoms with Crippen molar-refractivity contribution in [2.45, 2.75) is 44.4 Å². The highest BCUT2D eigenvalue weighted by atomic mass is 32.2. The Morgan fingerprint density at radius 1 is 1.15 bits per heavy atom. The number of ether oxygens (including phenoxy) is 1. The van der Waals surface area contributed by atoms with Crippen molar-refractivity contribution in [2.75, 3.05) is 26.2 Å². The summed E-state index contributed by atoms with van der Waals surface area (Å²) in [4.78, 5) is 24.1. The van der Waals surface area contributed by atoms with Crippen molar-refractivity contribution in [2.24, 2.45) is 5.92 Å². The van der Waals surface area contributed by atoms with E-state index in [0.717, 1.165) is 25.7 Å². The maximum Gasteiger partial charge on any atom is 0.340 e. The average molecular weight is 397 g/mol. The first kappa shape index (κ1) is 21.4. The van der Waals surface area contributed by atoms with Crippen LogP contribution in [0.2, 0.25) is 0 Å². The van der Waals surface area contributed by atoms with Gasteiger partial charge in [-0.2, -0.15) is 4.31 Å². The first-order valence-corrected chi connectivity index (χ1v) is 10.8. The third kappa shape index (κ3) is 6.04. The number of nitrogens with one attached hydrogen (secondary N) is 1. The lowest BCUT2D eigenvalue weighted by Crippen LogP contribution is -2.36. The Kier molecular flexibility index (Phi) is 7.79. The quantitative estimate of drug-likeness (QED) is 0.680. The molecule has 0 radical (unpaired) electrons. The van der Waals surface area contributed by atoms with Crippen LogP contribution in [0.5, 0.6) is 0 Å². The highest BCUT2D eigenvalue weighted by Gasteiger charge is 2.30. The maximum absolute atomic E-state index is 12.9. The number of carbonyl (C=O) groups excluding carboxylic acids is 2. The fourth-order valence-electron chi connectivity index (χ4n) is 2.86. The van der Waals surface area contributed by atoms with Crippen molar-refractivity contribution in [3.05, 3.63) is 29.8 Å². The minimum Gasteiger partial charge on any atom is -0.452 e. The second-order valence-electron chi connectivity index (χ2n) is 7.07. The lowest BCUT2D eigenvalue weighted by Gasteiger charge is -2.26. The zero-order valence-corrected chi connectivity index (χ0v) is 16.8.